The Labute approximate surface area is 151 Å². The van der Waals surface area contributed by atoms with Crippen molar-refractivity contribution in [2.75, 3.05) is 18.5 Å². The molecule has 0 saturated heterocycles. The van der Waals surface area contributed by atoms with Gasteiger partial charge in [-0.2, -0.15) is 0 Å². The predicted molar refractivity (Wildman–Crippen MR) is 102 cm³/mol. The average molecular weight is 345 g/mol. The normalized spacial score (nSPS) is 11.0. The molecule has 0 aliphatic rings. The average Bonchev–Trinajstić information content (AvgIpc) is 3.07. The van der Waals surface area contributed by atoms with E-state index < -0.39 is 0 Å². The molecule has 0 saturated carbocycles. The number of nitrogens with zero attached hydrogens (tertiary/aromatic N) is 4. The summed E-state index contributed by atoms with van der Waals surface area (Å²) in [5.41, 5.74) is 4.99. The number of aromatic nitrogens is 4. The summed E-state index contributed by atoms with van der Waals surface area (Å²) in [7, 11) is 0. The SMILES string of the molecule is Cc1ccc(-n2c(-c3ccc(NCCO)nc3)nc3ccncc32)cc1. The van der Waals surface area contributed by atoms with E-state index in [0.717, 1.165) is 33.9 Å². The van der Waals surface area contributed by atoms with E-state index in [0.29, 0.717) is 6.54 Å². The van der Waals surface area contributed by atoms with Gasteiger partial charge in [0.1, 0.15) is 11.6 Å². The van der Waals surface area contributed by atoms with Gasteiger partial charge in [0.05, 0.1) is 23.8 Å². The highest BCUT2D eigenvalue weighted by atomic mass is 16.3. The van der Waals surface area contributed by atoms with Crippen LogP contribution in [-0.4, -0.2) is 37.8 Å². The van der Waals surface area contributed by atoms with Crippen LogP contribution in [0, 0.1) is 6.92 Å². The van der Waals surface area contributed by atoms with Crippen LogP contribution in [-0.2, 0) is 0 Å². The number of pyridine rings is 2. The molecule has 0 fully saturated rings. The van der Waals surface area contributed by atoms with E-state index in [2.05, 4.69) is 51.0 Å². The maximum atomic E-state index is 8.91. The van der Waals surface area contributed by atoms with Gasteiger partial charge in [0, 0.05) is 30.2 Å². The summed E-state index contributed by atoms with van der Waals surface area (Å²) in [6.07, 6.45) is 5.37. The maximum Gasteiger partial charge on any atom is 0.147 e. The molecule has 6 heteroatoms. The Morgan fingerprint density at radius 1 is 1.04 bits per heavy atom. The van der Waals surface area contributed by atoms with Crippen molar-refractivity contribution in [3.8, 4) is 17.1 Å². The van der Waals surface area contributed by atoms with Crippen LogP contribution in [0.2, 0.25) is 0 Å². The monoisotopic (exact) mass is 345 g/mol. The summed E-state index contributed by atoms with van der Waals surface area (Å²) in [4.78, 5) is 13.5. The molecule has 130 valence electrons. The summed E-state index contributed by atoms with van der Waals surface area (Å²) in [6.45, 7) is 2.61. The first-order valence-electron chi connectivity index (χ1n) is 8.47. The number of hydrogen-bond donors (Lipinski definition) is 2. The third-order valence-corrected chi connectivity index (χ3v) is 4.19. The first-order valence-corrected chi connectivity index (χ1v) is 8.47. The summed E-state index contributed by atoms with van der Waals surface area (Å²) < 4.78 is 2.10. The van der Waals surface area contributed by atoms with Crippen LogP contribution in [0.3, 0.4) is 0 Å². The topological polar surface area (TPSA) is 75.9 Å². The Morgan fingerprint density at radius 2 is 1.88 bits per heavy atom. The number of aliphatic hydroxyl groups is 1. The molecule has 0 amide bonds. The van der Waals surface area contributed by atoms with Gasteiger partial charge >= 0.3 is 0 Å². The first kappa shape index (κ1) is 16.2. The lowest BCUT2D eigenvalue weighted by Gasteiger charge is -2.10. The fraction of sp³-hybridized carbons (Fsp3) is 0.150. The minimum Gasteiger partial charge on any atom is -0.395 e. The zero-order valence-corrected chi connectivity index (χ0v) is 14.4. The number of aryl methyl sites for hydroxylation is 1. The second-order valence-electron chi connectivity index (χ2n) is 6.05. The summed E-state index contributed by atoms with van der Waals surface area (Å²) in [5, 5.41) is 12.0. The van der Waals surface area contributed by atoms with E-state index >= 15 is 0 Å². The van der Waals surface area contributed by atoms with Crippen molar-refractivity contribution in [3.05, 3.63) is 66.6 Å². The largest absolute Gasteiger partial charge is 0.395 e. The molecule has 2 N–H and O–H groups in total. The Kier molecular flexibility index (Phi) is 4.33. The zero-order chi connectivity index (χ0) is 17.9. The third-order valence-electron chi connectivity index (χ3n) is 4.19. The summed E-state index contributed by atoms with van der Waals surface area (Å²) >= 11 is 0. The minimum absolute atomic E-state index is 0.0691. The Bertz CT molecular complexity index is 1020. The number of rotatable bonds is 5. The Hall–Kier alpha value is -3.25. The molecule has 1 aromatic carbocycles. The van der Waals surface area contributed by atoms with Crippen LogP contribution in [0.4, 0.5) is 5.82 Å². The van der Waals surface area contributed by atoms with Gasteiger partial charge in [0.15, 0.2) is 0 Å². The van der Waals surface area contributed by atoms with E-state index in [1.807, 2.05) is 24.4 Å². The number of aliphatic hydroxyl groups excluding tert-OH is 1. The van der Waals surface area contributed by atoms with Gasteiger partial charge in [0.2, 0.25) is 0 Å². The lowest BCUT2D eigenvalue weighted by atomic mass is 10.2. The number of hydrogen-bond acceptors (Lipinski definition) is 5. The molecule has 3 aromatic heterocycles. The number of anilines is 1. The van der Waals surface area contributed by atoms with Crippen molar-refractivity contribution in [1.29, 1.82) is 0 Å². The smallest absolute Gasteiger partial charge is 0.147 e. The van der Waals surface area contributed by atoms with Gasteiger partial charge in [-0.1, -0.05) is 17.7 Å². The van der Waals surface area contributed by atoms with Crippen LogP contribution in [0.15, 0.2) is 61.1 Å². The summed E-state index contributed by atoms with van der Waals surface area (Å²) in [6, 6.07) is 14.1. The van der Waals surface area contributed by atoms with E-state index in [9.17, 15) is 0 Å². The number of imidazole rings is 1. The molecule has 4 rings (SSSR count). The van der Waals surface area contributed by atoms with E-state index in [-0.39, 0.29) is 6.61 Å². The van der Waals surface area contributed by atoms with Gasteiger partial charge in [-0.05, 0) is 37.3 Å². The van der Waals surface area contributed by atoms with Crippen molar-refractivity contribution in [3.63, 3.8) is 0 Å². The second kappa shape index (κ2) is 6.93. The highest BCUT2D eigenvalue weighted by Crippen LogP contribution is 2.28. The minimum atomic E-state index is 0.0691. The molecule has 0 bridgehead atoms. The van der Waals surface area contributed by atoms with Gasteiger partial charge in [0.25, 0.3) is 0 Å². The molecule has 0 radical (unpaired) electrons. The third kappa shape index (κ3) is 3.02. The molecule has 6 nitrogen and oxygen atoms in total. The highest BCUT2D eigenvalue weighted by molar-refractivity contribution is 5.82. The molecule has 4 aromatic rings. The van der Waals surface area contributed by atoms with Gasteiger partial charge in [-0.15, -0.1) is 0 Å². The standard InChI is InChI=1S/C20H19N5O/c1-14-2-5-16(6-3-14)25-18-13-21-9-8-17(18)24-20(25)15-4-7-19(23-12-15)22-10-11-26/h2-9,12-13,26H,10-11H2,1H3,(H,22,23). The number of fused-ring (bicyclic) bond motifs is 1. The van der Waals surface area contributed by atoms with Gasteiger partial charge in [-0.3, -0.25) is 9.55 Å². The zero-order valence-electron chi connectivity index (χ0n) is 14.4. The maximum absolute atomic E-state index is 8.91. The molecule has 26 heavy (non-hydrogen) atoms. The molecule has 3 heterocycles. The fourth-order valence-corrected chi connectivity index (χ4v) is 2.89. The molecule has 0 aliphatic heterocycles. The Balaban J connectivity index is 1.84. The molecule has 0 unspecified atom stereocenters. The lowest BCUT2D eigenvalue weighted by molar-refractivity contribution is 0.311. The highest BCUT2D eigenvalue weighted by Gasteiger charge is 2.14. The number of nitrogens with one attached hydrogen (secondary N) is 1. The second-order valence-corrected chi connectivity index (χ2v) is 6.05. The van der Waals surface area contributed by atoms with Gasteiger partial charge in [-0.25, -0.2) is 9.97 Å². The van der Waals surface area contributed by atoms with Crippen LogP contribution < -0.4 is 5.32 Å². The first-order chi connectivity index (χ1) is 12.8. The van der Waals surface area contributed by atoms with Crippen LogP contribution in [0.1, 0.15) is 5.56 Å². The van der Waals surface area contributed by atoms with E-state index in [1.54, 1.807) is 12.4 Å². The van der Waals surface area contributed by atoms with Crippen LogP contribution in [0.25, 0.3) is 28.1 Å². The molecule has 0 aliphatic carbocycles. The quantitative estimate of drug-likeness (QED) is 0.581. The lowest BCUT2D eigenvalue weighted by Crippen LogP contribution is -2.06. The molecular formula is C20H19N5O. The van der Waals surface area contributed by atoms with Crippen molar-refractivity contribution in [1.82, 2.24) is 19.5 Å². The molecular weight excluding hydrogens is 326 g/mol. The van der Waals surface area contributed by atoms with E-state index in [4.69, 9.17) is 10.1 Å². The van der Waals surface area contributed by atoms with E-state index in [1.165, 1.54) is 5.56 Å². The van der Waals surface area contributed by atoms with Crippen molar-refractivity contribution in [2.45, 2.75) is 6.92 Å². The van der Waals surface area contributed by atoms with Crippen molar-refractivity contribution in [2.24, 2.45) is 0 Å². The van der Waals surface area contributed by atoms with Crippen LogP contribution in [0.5, 0.6) is 0 Å². The van der Waals surface area contributed by atoms with Crippen molar-refractivity contribution < 1.29 is 5.11 Å². The Morgan fingerprint density at radius 3 is 2.62 bits per heavy atom. The molecule has 0 spiro atoms. The summed E-state index contributed by atoms with van der Waals surface area (Å²) in [5.74, 6) is 1.54. The van der Waals surface area contributed by atoms with Crippen molar-refractivity contribution >= 4 is 16.9 Å². The number of benzene rings is 1. The molecule has 0 atom stereocenters. The predicted octanol–water partition coefficient (Wildman–Crippen LogP) is 3.20. The van der Waals surface area contributed by atoms with Crippen LogP contribution >= 0.6 is 0 Å². The fourth-order valence-electron chi connectivity index (χ4n) is 2.89. The van der Waals surface area contributed by atoms with Gasteiger partial charge < -0.3 is 10.4 Å².